The third kappa shape index (κ3) is 4.99. The van der Waals surface area contributed by atoms with Crippen molar-refractivity contribution in [2.24, 2.45) is 13.0 Å². The van der Waals surface area contributed by atoms with Gasteiger partial charge in [0.1, 0.15) is 17.3 Å². The van der Waals surface area contributed by atoms with Crippen LogP contribution < -0.4 is 20.5 Å². The number of aliphatic hydroxyl groups is 1. The molecule has 0 unspecified atom stereocenters. The lowest BCUT2D eigenvalue weighted by Crippen LogP contribution is -2.39. The molecule has 1 aliphatic heterocycles. The lowest BCUT2D eigenvalue weighted by atomic mass is 9.97. The molecule has 38 heavy (non-hydrogen) atoms. The van der Waals surface area contributed by atoms with Gasteiger partial charge < -0.3 is 19.7 Å². The number of aryl methyl sites for hydroxylation is 1. The number of rotatable bonds is 6. The molecule has 1 fully saturated rings. The molecule has 9 nitrogen and oxygen atoms in total. The highest BCUT2D eigenvalue weighted by molar-refractivity contribution is 6.08. The van der Waals surface area contributed by atoms with Crippen molar-refractivity contribution in [3.05, 3.63) is 69.8 Å². The summed E-state index contributed by atoms with van der Waals surface area (Å²) < 4.78 is 43.1. The van der Waals surface area contributed by atoms with Crippen molar-refractivity contribution in [1.82, 2.24) is 9.55 Å². The van der Waals surface area contributed by atoms with Gasteiger partial charge in [0.25, 0.3) is 11.5 Å². The number of carbonyl (C=O) groups excluding carboxylic acids is 2. The molecule has 1 aliphatic carbocycles. The molecule has 12 heteroatoms. The summed E-state index contributed by atoms with van der Waals surface area (Å²) >= 11 is 0. The van der Waals surface area contributed by atoms with Crippen LogP contribution in [0.3, 0.4) is 0 Å². The molecule has 198 valence electrons. The van der Waals surface area contributed by atoms with Crippen molar-refractivity contribution in [1.29, 1.82) is 0 Å². The van der Waals surface area contributed by atoms with E-state index in [-0.39, 0.29) is 47.4 Å². The highest BCUT2D eigenvalue weighted by Crippen LogP contribution is 2.35. The summed E-state index contributed by atoms with van der Waals surface area (Å²) in [4.78, 5) is 43.9. The smallest absolute Gasteiger partial charge is 0.406 e. The quantitative estimate of drug-likeness (QED) is 0.507. The number of benzene rings is 1. The van der Waals surface area contributed by atoms with E-state index < -0.39 is 24.6 Å². The van der Waals surface area contributed by atoms with Crippen molar-refractivity contribution in [3.63, 3.8) is 0 Å². The standard InChI is InChI=1S/C26H23F3N4O5/c1-32-12-16(11-21(25(32)37)31-23(35)14-2-3-14)18-6-8-30-22(20(18)13-34)33-9-7-15-10-17(38-26(27,28)29)4-5-19(15)24(33)36/h4-6,8,10-12,14,34H,2-3,7,9,13H2,1H3,(H,31,35). The molecule has 3 heterocycles. The van der Waals surface area contributed by atoms with Crippen LogP contribution in [-0.4, -0.2) is 39.4 Å². The van der Waals surface area contributed by atoms with E-state index in [1.165, 1.54) is 33.9 Å². The SMILES string of the molecule is Cn1cc(-c2ccnc(N3CCc4cc(OC(F)(F)F)ccc4C3=O)c2CO)cc(NC(=O)C2CC2)c1=O. The Bertz CT molecular complexity index is 1500. The normalized spacial score (nSPS) is 15.3. The summed E-state index contributed by atoms with van der Waals surface area (Å²) in [5, 5.41) is 13.0. The predicted molar refractivity (Wildman–Crippen MR) is 131 cm³/mol. The maximum atomic E-state index is 13.3. The second kappa shape index (κ2) is 9.60. The Morgan fingerprint density at radius 1 is 1.18 bits per heavy atom. The van der Waals surface area contributed by atoms with Crippen molar-refractivity contribution in [2.75, 3.05) is 16.8 Å². The topological polar surface area (TPSA) is 114 Å². The van der Waals surface area contributed by atoms with Gasteiger partial charge in [0, 0.05) is 48.6 Å². The average molecular weight is 528 g/mol. The van der Waals surface area contributed by atoms with Gasteiger partial charge in [-0.3, -0.25) is 19.3 Å². The maximum absolute atomic E-state index is 13.3. The number of aliphatic hydroxyl groups excluding tert-OH is 1. The third-order valence-corrected chi connectivity index (χ3v) is 6.54. The van der Waals surface area contributed by atoms with Crippen LogP contribution in [0.15, 0.2) is 47.5 Å². The van der Waals surface area contributed by atoms with Gasteiger partial charge in [-0.05, 0) is 60.7 Å². The van der Waals surface area contributed by atoms with Gasteiger partial charge in [0.15, 0.2) is 0 Å². The number of alkyl halides is 3. The van der Waals surface area contributed by atoms with Crippen LogP contribution in [0.5, 0.6) is 5.75 Å². The van der Waals surface area contributed by atoms with Crippen LogP contribution in [0, 0.1) is 5.92 Å². The average Bonchev–Trinajstić information content (AvgIpc) is 3.71. The molecule has 0 bridgehead atoms. The zero-order chi connectivity index (χ0) is 27.2. The van der Waals surface area contributed by atoms with Crippen molar-refractivity contribution >= 4 is 23.3 Å². The van der Waals surface area contributed by atoms with E-state index >= 15 is 0 Å². The second-order valence-corrected chi connectivity index (χ2v) is 9.21. The van der Waals surface area contributed by atoms with Crippen molar-refractivity contribution in [2.45, 2.75) is 32.2 Å². The first kappa shape index (κ1) is 25.5. The fraction of sp³-hybridized carbons (Fsp3) is 0.308. The monoisotopic (exact) mass is 528 g/mol. The van der Waals surface area contributed by atoms with Gasteiger partial charge in [-0.1, -0.05) is 0 Å². The summed E-state index contributed by atoms with van der Waals surface area (Å²) in [5.41, 5.74) is 1.66. The van der Waals surface area contributed by atoms with Crippen LogP contribution in [-0.2, 0) is 24.9 Å². The summed E-state index contributed by atoms with van der Waals surface area (Å²) in [7, 11) is 1.54. The number of aromatic nitrogens is 2. The lowest BCUT2D eigenvalue weighted by molar-refractivity contribution is -0.274. The van der Waals surface area contributed by atoms with E-state index in [0.717, 1.165) is 18.9 Å². The van der Waals surface area contributed by atoms with E-state index in [0.29, 0.717) is 22.3 Å². The molecule has 2 aliphatic rings. The van der Waals surface area contributed by atoms with Gasteiger partial charge in [-0.2, -0.15) is 0 Å². The largest absolute Gasteiger partial charge is 0.573 e. The van der Waals surface area contributed by atoms with Gasteiger partial charge in [0.05, 0.1) is 6.61 Å². The molecule has 2 aromatic heterocycles. The number of ether oxygens (including phenoxy) is 1. The minimum Gasteiger partial charge on any atom is -0.406 e. The zero-order valence-electron chi connectivity index (χ0n) is 20.2. The second-order valence-electron chi connectivity index (χ2n) is 9.21. The van der Waals surface area contributed by atoms with Crippen LogP contribution >= 0.6 is 0 Å². The van der Waals surface area contributed by atoms with Crippen molar-refractivity contribution < 1.29 is 32.6 Å². The molecule has 0 spiro atoms. The number of nitrogens with one attached hydrogen (secondary N) is 1. The molecule has 0 saturated heterocycles. The summed E-state index contributed by atoms with van der Waals surface area (Å²) in [5.74, 6) is -1.03. The predicted octanol–water partition coefficient (Wildman–Crippen LogP) is 3.39. The molecule has 1 saturated carbocycles. The van der Waals surface area contributed by atoms with Crippen molar-refractivity contribution in [3.8, 4) is 16.9 Å². The van der Waals surface area contributed by atoms with Gasteiger partial charge in [-0.15, -0.1) is 13.2 Å². The highest BCUT2D eigenvalue weighted by Gasteiger charge is 2.34. The van der Waals surface area contributed by atoms with Crippen LogP contribution in [0.4, 0.5) is 24.7 Å². The first-order chi connectivity index (χ1) is 18.1. The first-order valence-corrected chi connectivity index (χ1v) is 11.9. The Hall–Kier alpha value is -4.19. The Morgan fingerprint density at radius 2 is 1.95 bits per heavy atom. The number of hydrogen-bond acceptors (Lipinski definition) is 6. The number of halogens is 3. The Morgan fingerprint density at radius 3 is 2.63 bits per heavy atom. The first-order valence-electron chi connectivity index (χ1n) is 11.9. The Balaban J connectivity index is 1.49. The van der Waals surface area contributed by atoms with E-state index in [9.17, 15) is 32.7 Å². The molecule has 3 aromatic rings. The molecular formula is C26H23F3N4O5. The van der Waals surface area contributed by atoms with E-state index in [4.69, 9.17) is 0 Å². The zero-order valence-corrected chi connectivity index (χ0v) is 20.2. The van der Waals surface area contributed by atoms with E-state index in [1.54, 1.807) is 19.3 Å². The summed E-state index contributed by atoms with van der Waals surface area (Å²) in [6, 6.07) is 6.69. The molecule has 2 N–H and O–H groups in total. The molecule has 0 radical (unpaired) electrons. The number of pyridine rings is 2. The maximum Gasteiger partial charge on any atom is 0.573 e. The van der Waals surface area contributed by atoms with E-state index in [1.807, 2.05) is 0 Å². The number of fused-ring (bicyclic) bond motifs is 1. The van der Waals surface area contributed by atoms with E-state index in [2.05, 4.69) is 15.0 Å². The Kier molecular flexibility index (Phi) is 6.43. The molecule has 5 rings (SSSR count). The Labute approximate surface area is 214 Å². The molecule has 1 aromatic carbocycles. The fourth-order valence-electron chi connectivity index (χ4n) is 4.53. The van der Waals surface area contributed by atoms with Crippen LogP contribution in [0.1, 0.15) is 34.3 Å². The number of carbonyl (C=O) groups is 2. The molecule has 0 atom stereocenters. The van der Waals surface area contributed by atoms with Gasteiger partial charge >= 0.3 is 6.36 Å². The highest BCUT2D eigenvalue weighted by atomic mass is 19.4. The number of nitrogens with zero attached hydrogens (tertiary/aromatic N) is 3. The van der Waals surface area contributed by atoms with Gasteiger partial charge in [-0.25, -0.2) is 4.98 Å². The van der Waals surface area contributed by atoms with Gasteiger partial charge in [0.2, 0.25) is 5.91 Å². The number of anilines is 2. The van der Waals surface area contributed by atoms with Crippen LogP contribution in [0.2, 0.25) is 0 Å². The summed E-state index contributed by atoms with van der Waals surface area (Å²) in [6.07, 6.45) is -0.0377. The van der Waals surface area contributed by atoms with Crippen LogP contribution in [0.25, 0.3) is 11.1 Å². The minimum atomic E-state index is -4.85. The number of amides is 2. The fourth-order valence-corrected chi connectivity index (χ4v) is 4.53. The number of hydrogen-bond donors (Lipinski definition) is 2. The summed E-state index contributed by atoms with van der Waals surface area (Å²) in [6.45, 7) is -0.374. The third-order valence-electron chi connectivity index (χ3n) is 6.54. The minimum absolute atomic E-state index is 0.101. The molecular weight excluding hydrogens is 505 g/mol. The molecule has 2 amide bonds. The lowest BCUT2D eigenvalue weighted by Gasteiger charge is -2.30.